The molecule has 21 heavy (non-hydrogen) atoms. The van der Waals surface area contributed by atoms with Gasteiger partial charge in [-0.1, -0.05) is 12.1 Å². The van der Waals surface area contributed by atoms with Crippen molar-refractivity contribution in [3.63, 3.8) is 0 Å². The van der Waals surface area contributed by atoms with Gasteiger partial charge in [-0.3, -0.25) is 0 Å². The summed E-state index contributed by atoms with van der Waals surface area (Å²) in [6.07, 6.45) is -5.12. The highest BCUT2D eigenvalue weighted by Gasteiger charge is 2.26. The summed E-state index contributed by atoms with van der Waals surface area (Å²) in [5.41, 5.74) is 0.777. The molecule has 120 valence electrons. The van der Waals surface area contributed by atoms with Crippen molar-refractivity contribution in [1.82, 2.24) is 10.6 Å². The molecule has 2 N–H and O–H groups in total. The molecule has 0 aliphatic carbocycles. The first-order chi connectivity index (χ1) is 9.40. The fraction of sp³-hybridized carbons (Fsp3) is 0.462. The molecule has 0 unspecified atom stereocenters. The van der Waals surface area contributed by atoms with Gasteiger partial charge in [0, 0.05) is 13.1 Å². The zero-order valence-corrected chi connectivity index (χ0v) is 13.8. The summed E-state index contributed by atoms with van der Waals surface area (Å²) in [4.78, 5) is 4.14. The Bertz CT molecular complexity index is 432. The lowest BCUT2D eigenvalue weighted by Gasteiger charge is -2.12. The SMILES string of the molecule is CCNC(=NCc1ccc(F)cc1)NCCC(F)(F)F.I. The summed E-state index contributed by atoms with van der Waals surface area (Å²) >= 11 is 0. The third-order valence-corrected chi connectivity index (χ3v) is 2.38. The minimum absolute atomic E-state index is 0. The highest BCUT2D eigenvalue weighted by molar-refractivity contribution is 14.0. The molecule has 0 aliphatic rings. The number of guanidine groups is 1. The number of halogens is 5. The molecular formula is C13H18F4IN3. The summed E-state index contributed by atoms with van der Waals surface area (Å²) in [5.74, 6) is -0.0333. The second-order valence-corrected chi connectivity index (χ2v) is 4.11. The Morgan fingerprint density at radius 3 is 2.29 bits per heavy atom. The normalized spacial score (nSPS) is 11.8. The van der Waals surface area contributed by atoms with E-state index in [1.54, 1.807) is 12.1 Å². The van der Waals surface area contributed by atoms with Gasteiger partial charge < -0.3 is 10.6 Å². The van der Waals surface area contributed by atoms with E-state index in [0.29, 0.717) is 12.5 Å². The summed E-state index contributed by atoms with van der Waals surface area (Å²) in [6, 6.07) is 5.79. The second kappa shape index (κ2) is 9.80. The van der Waals surface area contributed by atoms with Crippen LogP contribution in [-0.2, 0) is 6.54 Å². The third kappa shape index (κ3) is 9.48. The number of benzene rings is 1. The number of hydrogen-bond acceptors (Lipinski definition) is 1. The first-order valence-corrected chi connectivity index (χ1v) is 6.24. The Balaban J connectivity index is 0.00000400. The quantitative estimate of drug-likeness (QED) is 0.332. The van der Waals surface area contributed by atoms with Gasteiger partial charge in [-0.25, -0.2) is 9.38 Å². The van der Waals surface area contributed by atoms with Crippen molar-refractivity contribution >= 4 is 29.9 Å². The van der Waals surface area contributed by atoms with Gasteiger partial charge in [0.15, 0.2) is 5.96 Å². The second-order valence-electron chi connectivity index (χ2n) is 4.11. The topological polar surface area (TPSA) is 36.4 Å². The molecule has 0 saturated carbocycles. The molecule has 0 saturated heterocycles. The lowest BCUT2D eigenvalue weighted by Crippen LogP contribution is -2.38. The predicted octanol–water partition coefficient (Wildman–Crippen LogP) is 3.45. The van der Waals surface area contributed by atoms with E-state index >= 15 is 0 Å². The fourth-order valence-electron chi connectivity index (χ4n) is 1.42. The zero-order valence-electron chi connectivity index (χ0n) is 11.5. The van der Waals surface area contributed by atoms with Crippen LogP contribution < -0.4 is 10.6 Å². The van der Waals surface area contributed by atoms with Crippen molar-refractivity contribution in [3.05, 3.63) is 35.6 Å². The molecule has 1 rings (SSSR count). The van der Waals surface area contributed by atoms with Gasteiger partial charge in [0.1, 0.15) is 5.82 Å². The van der Waals surface area contributed by atoms with Crippen LogP contribution in [0, 0.1) is 5.82 Å². The van der Waals surface area contributed by atoms with Gasteiger partial charge >= 0.3 is 6.18 Å². The molecule has 0 radical (unpaired) electrons. The van der Waals surface area contributed by atoms with E-state index in [0.717, 1.165) is 5.56 Å². The van der Waals surface area contributed by atoms with Crippen LogP contribution in [0.4, 0.5) is 17.6 Å². The average molecular weight is 419 g/mol. The van der Waals surface area contributed by atoms with Crippen molar-refractivity contribution in [3.8, 4) is 0 Å². The molecular weight excluding hydrogens is 401 g/mol. The van der Waals surface area contributed by atoms with Gasteiger partial charge in [0.05, 0.1) is 13.0 Å². The van der Waals surface area contributed by atoms with Gasteiger partial charge in [-0.15, -0.1) is 24.0 Å². The highest BCUT2D eigenvalue weighted by Crippen LogP contribution is 2.18. The Morgan fingerprint density at radius 2 is 1.76 bits per heavy atom. The van der Waals surface area contributed by atoms with Gasteiger partial charge in [-0.05, 0) is 24.6 Å². The molecule has 0 amide bonds. The number of hydrogen-bond donors (Lipinski definition) is 2. The van der Waals surface area contributed by atoms with E-state index in [4.69, 9.17) is 0 Å². The maximum Gasteiger partial charge on any atom is 0.390 e. The molecule has 0 aliphatic heterocycles. The summed E-state index contributed by atoms with van der Waals surface area (Å²) in [6.45, 7) is 2.39. The summed E-state index contributed by atoms with van der Waals surface area (Å²) in [5, 5.41) is 5.45. The zero-order chi connectivity index (χ0) is 15.0. The van der Waals surface area contributed by atoms with Gasteiger partial charge in [0.25, 0.3) is 0 Å². The first kappa shape index (κ1) is 19.9. The maximum absolute atomic E-state index is 12.7. The van der Waals surface area contributed by atoms with Crippen LogP contribution in [0.25, 0.3) is 0 Å². The predicted molar refractivity (Wildman–Crippen MR) is 85.3 cm³/mol. The van der Waals surface area contributed by atoms with E-state index in [2.05, 4.69) is 15.6 Å². The lowest BCUT2D eigenvalue weighted by atomic mass is 10.2. The van der Waals surface area contributed by atoms with Crippen molar-refractivity contribution < 1.29 is 17.6 Å². The summed E-state index contributed by atoms with van der Waals surface area (Å²) in [7, 11) is 0. The van der Waals surface area contributed by atoms with Crippen LogP contribution in [0.3, 0.4) is 0 Å². The maximum atomic E-state index is 12.7. The molecule has 0 fully saturated rings. The number of alkyl halides is 3. The number of nitrogens with zero attached hydrogens (tertiary/aromatic N) is 1. The Morgan fingerprint density at radius 1 is 1.14 bits per heavy atom. The number of nitrogens with one attached hydrogen (secondary N) is 2. The molecule has 0 bridgehead atoms. The fourth-order valence-corrected chi connectivity index (χ4v) is 1.42. The van der Waals surface area contributed by atoms with Crippen LogP contribution in [0.2, 0.25) is 0 Å². The van der Waals surface area contributed by atoms with Crippen LogP contribution in [-0.4, -0.2) is 25.2 Å². The Labute approximate surface area is 138 Å². The molecule has 0 aromatic heterocycles. The van der Waals surface area contributed by atoms with Crippen molar-refractivity contribution in [2.24, 2.45) is 4.99 Å². The molecule has 0 atom stereocenters. The standard InChI is InChI=1S/C13H17F4N3.HI/c1-2-18-12(19-8-7-13(15,16)17)20-9-10-3-5-11(14)6-4-10;/h3-6H,2,7-9H2,1H3,(H2,18,19,20);1H. The largest absolute Gasteiger partial charge is 0.390 e. The van der Waals surface area contributed by atoms with E-state index in [9.17, 15) is 17.6 Å². The van der Waals surface area contributed by atoms with Crippen LogP contribution in [0.1, 0.15) is 18.9 Å². The molecule has 1 aromatic rings. The average Bonchev–Trinajstić information content (AvgIpc) is 2.36. The molecule has 8 heteroatoms. The monoisotopic (exact) mass is 419 g/mol. The lowest BCUT2D eigenvalue weighted by molar-refractivity contribution is -0.132. The van der Waals surface area contributed by atoms with E-state index < -0.39 is 12.6 Å². The first-order valence-electron chi connectivity index (χ1n) is 6.24. The summed E-state index contributed by atoms with van der Waals surface area (Å²) < 4.78 is 48.9. The van der Waals surface area contributed by atoms with Gasteiger partial charge in [0.2, 0.25) is 0 Å². The smallest absolute Gasteiger partial charge is 0.357 e. The third-order valence-electron chi connectivity index (χ3n) is 2.38. The van der Waals surface area contributed by atoms with E-state index in [1.165, 1.54) is 12.1 Å². The van der Waals surface area contributed by atoms with Crippen LogP contribution >= 0.6 is 24.0 Å². The molecule has 3 nitrogen and oxygen atoms in total. The van der Waals surface area contributed by atoms with E-state index in [-0.39, 0.29) is 42.9 Å². The minimum atomic E-state index is -4.19. The Hall–Kier alpha value is -1.06. The van der Waals surface area contributed by atoms with Crippen LogP contribution in [0.15, 0.2) is 29.3 Å². The van der Waals surface area contributed by atoms with Crippen molar-refractivity contribution in [2.45, 2.75) is 26.1 Å². The number of aliphatic imine (C=N–C) groups is 1. The van der Waals surface area contributed by atoms with E-state index in [1.807, 2.05) is 6.92 Å². The molecule has 0 heterocycles. The van der Waals surface area contributed by atoms with Crippen LogP contribution in [0.5, 0.6) is 0 Å². The van der Waals surface area contributed by atoms with Crippen molar-refractivity contribution in [2.75, 3.05) is 13.1 Å². The van der Waals surface area contributed by atoms with Gasteiger partial charge in [-0.2, -0.15) is 13.2 Å². The minimum Gasteiger partial charge on any atom is -0.357 e. The highest BCUT2D eigenvalue weighted by atomic mass is 127. The Kier molecular flexibility index (Phi) is 9.31. The van der Waals surface area contributed by atoms with Crippen molar-refractivity contribution in [1.29, 1.82) is 0 Å². The molecule has 1 aromatic carbocycles. The number of rotatable bonds is 5. The molecule has 0 spiro atoms.